The van der Waals surface area contributed by atoms with Crippen molar-refractivity contribution in [3.8, 4) is 11.5 Å². The van der Waals surface area contributed by atoms with Crippen LogP contribution in [-0.2, 0) is 11.3 Å². The number of ether oxygens (including phenoxy) is 2. The molecule has 0 saturated carbocycles. The SMILES string of the molecule is CC(C)NC(=O)CN1CCn2cccc2[C@@H]1c1ccc2c(c1)OCCO2. The van der Waals surface area contributed by atoms with E-state index in [1.807, 2.05) is 19.9 Å². The molecule has 6 nitrogen and oxygen atoms in total. The van der Waals surface area contributed by atoms with Crippen LogP contribution in [0, 0.1) is 0 Å². The first kappa shape index (κ1) is 17.0. The summed E-state index contributed by atoms with van der Waals surface area (Å²) in [5, 5.41) is 3.00. The maximum atomic E-state index is 12.4. The third-order valence-electron chi connectivity index (χ3n) is 4.82. The molecule has 0 fully saturated rings. The average molecular weight is 355 g/mol. The molecule has 2 aliphatic rings. The van der Waals surface area contributed by atoms with Crippen molar-refractivity contribution in [1.29, 1.82) is 0 Å². The number of nitrogens with zero attached hydrogens (tertiary/aromatic N) is 2. The number of carbonyl (C=O) groups is 1. The van der Waals surface area contributed by atoms with E-state index in [1.165, 1.54) is 5.69 Å². The Morgan fingerprint density at radius 1 is 1.19 bits per heavy atom. The number of carbonyl (C=O) groups excluding carboxylic acids is 1. The van der Waals surface area contributed by atoms with Crippen LogP contribution < -0.4 is 14.8 Å². The van der Waals surface area contributed by atoms with Crippen molar-refractivity contribution < 1.29 is 14.3 Å². The van der Waals surface area contributed by atoms with Crippen LogP contribution in [0.2, 0.25) is 0 Å². The van der Waals surface area contributed by atoms with E-state index in [1.54, 1.807) is 0 Å². The van der Waals surface area contributed by atoms with Gasteiger partial charge in [-0.1, -0.05) is 6.07 Å². The van der Waals surface area contributed by atoms with E-state index in [0.717, 1.165) is 30.2 Å². The first-order chi connectivity index (χ1) is 12.6. The molecule has 0 unspecified atom stereocenters. The molecule has 2 aromatic rings. The van der Waals surface area contributed by atoms with Gasteiger partial charge in [0.05, 0.1) is 12.6 Å². The number of nitrogens with one attached hydrogen (secondary N) is 1. The molecule has 1 aromatic heterocycles. The van der Waals surface area contributed by atoms with Crippen LogP contribution in [0.5, 0.6) is 11.5 Å². The van der Waals surface area contributed by atoms with Crippen LogP contribution in [0.15, 0.2) is 36.5 Å². The predicted molar refractivity (Wildman–Crippen MR) is 98.6 cm³/mol. The zero-order valence-corrected chi connectivity index (χ0v) is 15.3. The summed E-state index contributed by atoms with van der Waals surface area (Å²) in [4.78, 5) is 14.6. The predicted octanol–water partition coefficient (Wildman–Crippen LogP) is 2.19. The number of hydrogen-bond acceptors (Lipinski definition) is 4. The molecule has 1 amide bonds. The van der Waals surface area contributed by atoms with Crippen molar-refractivity contribution in [1.82, 2.24) is 14.8 Å². The van der Waals surface area contributed by atoms with Crippen LogP contribution in [0.1, 0.15) is 31.1 Å². The molecule has 138 valence electrons. The molecule has 3 heterocycles. The average Bonchev–Trinajstić information content (AvgIpc) is 3.09. The Hall–Kier alpha value is -2.47. The van der Waals surface area contributed by atoms with E-state index in [2.05, 4.69) is 45.2 Å². The maximum Gasteiger partial charge on any atom is 0.234 e. The Balaban J connectivity index is 1.66. The summed E-state index contributed by atoms with van der Waals surface area (Å²) >= 11 is 0. The van der Waals surface area contributed by atoms with Gasteiger partial charge in [0.1, 0.15) is 13.2 Å². The third-order valence-corrected chi connectivity index (χ3v) is 4.82. The summed E-state index contributed by atoms with van der Waals surface area (Å²) in [6.07, 6.45) is 2.10. The Morgan fingerprint density at radius 3 is 2.81 bits per heavy atom. The van der Waals surface area contributed by atoms with Crippen molar-refractivity contribution in [2.45, 2.75) is 32.5 Å². The number of amides is 1. The summed E-state index contributed by atoms with van der Waals surface area (Å²) in [6, 6.07) is 10.5. The first-order valence-corrected chi connectivity index (χ1v) is 9.20. The Kier molecular flexibility index (Phi) is 4.59. The summed E-state index contributed by atoms with van der Waals surface area (Å²) in [5.74, 6) is 1.63. The lowest BCUT2D eigenvalue weighted by atomic mass is 9.99. The van der Waals surface area contributed by atoms with Crippen LogP contribution in [0.25, 0.3) is 0 Å². The standard InChI is InChI=1S/C20H25N3O3/c1-14(2)21-19(24)13-23-9-8-22-7-3-4-16(22)20(23)15-5-6-17-18(12-15)26-11-10-25-17/h3-7,12,14,20H,8-11,13H2,1-2H3,(H,21,24)/t20-/m0/s1. The fourth-order valence-electron chi connectivity index (χ4n) is 3.77. The lowest BCUT2D eigenvalue weighted by Gasteiger charge is -2.37. The van der Waals surface area contributed by atoms with Crippen molar-refractivity contribution in [2.24, 2.45) is 0 Å². The molecule has 0 saturated heterocycles. The van der Waals surface area contributed by atoms with E-state index in [0.29, 0.717) is 19.8 Å². The minimum atomic E-state index is 0.0208. The monoisotopic (exact) mass is 355 g/mol. The molecule has 26 heavy (non-hydrogen) atoms. The number of benzene rings is 1. The van der Waals surface area contributed by atoms with Crippen molar-refractivity contribution in [3.63, 3.8) is 0 Å². The highest BCUT2D eigenvalue weighted by Gasteiger charge is 2.31. The van der Waals surface area contributed by atoms with E-state index in [4.69, 9.17) is 9.47 Å². The lowest BCUT2D eigenvalue weighted by Crippen LogP contribution is -2.45. The van der Waals surface area contributed by atoms with Gasteiger partial charge in [-0.25, -0.2) is 0 Å². The molecule has 1 aromatic carbocycles. The van der Waals surface area contributed by atoms with Gasteiger partial charge in [0.25, 0.3) is 0 Å². The van der Waals surface area contributed by atoms with Gasteiger partial charge in [-0.3, -0.25) is 9.69 Å². The molecule has 1 atom stereocenters. The molecule has 0 radical (unpaired) electrons. The molecule has 0 spiro atoms. The number of rotatable bonds is 4. The van der Waals surface area contributed by atoms with Crippen molar-refractivity contribution in [2.75, 3.05) is 26.3 Å². The fourth-order valence-corrected chi connectivity index (χ4v) is 3.77. The van der Waals surface area contributed by atoms with Crippen LogP contribution >= 0.6 is 0 Å². The Labute approximate surface area is 153 Å². The molecule has 0 bridgehead atoms. The van der Waals surface area contributed by atoms with E-state index in [-0.39, 0.29) is 18.0 Å². The van der Waals surface area contributed by atoms with Gasteiger partial charge in [-0.2, -0.15) is 0 Å². The number of hydrogen-bond donors (Lipinski definition) is 1. The van der Waals surface area contributed by atoms with Crippen molar-refractivity contribution in [3.05, 3.63) is 47.8 Å². The van der Waals surface area contributed by atoms with E-state index < -0.39 is 0 Å². The molecular formula is C20H25N3O3. The smallest absolute Gasteiger partial charge is 0.234 e. The van der Waals surface area contributed by atoms with E-state index in [9.17, 15) is 4.79 Å². The molecule has 1 N–H and O–H groups in total. The van der Waals surface area contributed by atoms with Gasteiger partial charge < -0.3 is 19.4 Å². The number of fused-ring (bicyclic) bond motifs is 2. The molecule has 2 aliphatic heterocycles. The Morgan fingerprint density at radius 2 is 2.00 bits per heavy atom. The summed E-state index contributed by atoms with van der Waals surface area (Å²) in [7, 11) is 0. The second kappa shape index (κ2) is 7.03. The van der Waals surface area contributed by atoms with Gasteiger partial charge in [0.15, 0.2) is 11.5 Å². The minimum absolute atomic E-state index is 0.0208. The molecular weight excluding hydrogens is 330 g/mol. The lowest BCUT2D eigenvalue weighted by molar-refractivity contribution is -0.123. The summed E-state index contributed by atoms with van der Waals surface area (Å²) in [6.45, 7) is 7.21. The van der Waals surface area contributed by atoms with Gasteiger partial charge in [-0.05, 0) is 43.7 Å². The number of aromatic nitrogens is 1. The van der Waals surface area contributed by atoms with Crippen molar-refractivity contribution >= 4 is 5.91 Å². The topological polar surface area (TPSA) is 55.7 Å². The van der Waals surface area contributed by atoms with Gasteiger partial charge in [-0.15, -0.1) is 0 Å². The second-order valence-electron chi connectivity index (χ2n) is 7.12. The molecule has 6 heteroatoms. The highest BCUT2D eigenvalue weighted by molar-refractivity contribution is 5.78. The largest absolute Gasteiger partial charge is 0.486 e. The normalized spacial score (nSPS) is 19.3. The molecule has 0 aliphatic carbocycles. The van der Waals surface area contributed by atoms with Crippen LogP contribution in [0.4, 0.5) is 0 Å². The summed E-state index contributed by atoms with van der Waals surface area (Å²) < 4.78 is 13.7. The highest BCUT2D eigenvalue weighted by atomic mass is 16.6. The van der Waals surface area contributed by atoms with Crippen LogP contribution in [0.3, 0.4) is 0 Å². The zero-order valence-electron chi connectivity index (χ0n) is 15.3. The first-order valence-electron chi connectivity index (χ1n) is 9.20. The zero-order chi connectivity index (χ0) is 18.1. The van der Waals surface area contributed by atoms with E-state index >= 15 is 0 Å². The second-order valence-corrected chi connectivity index (χ2v) is 7.12. The third kappa shape index (κ3) is 3.29. The molecule has 4 rings (SSSR count). The van der Waals surface area contributed by atoms with Gasteiger partial charge >= 0.3 is 0 Å². The Bertz CT molecular complexity index is 799. The van der Waals surface area contributed by atoms with Crippen LogP contribution in [-0.4, -0.2) is 47.7 Å². The summed E-state index contributed by atoms with van der Waals surface area (Å²) in [5.41, 5.74) is 2.32. The fraction of sp³-hybridized carbons (Fsp3) is 0.450. The highest BCUT2D eigenvalue weighted by Crippen LogP contribution is 2.38. The van der Waals surface area contributed by atoms with Gasteiger partial charge in [0, 0.05) is 31.0 Å². The minimum Gasteiger partial charge on any atom is -0.486 e. The quantitative estimate of drug-likeness (QED) is 0.913. The maximum absolute atomic E-state index is 12.4. The van der Waals surface area contributed by atoms with Gasteiger partial charge in [0.2, 0.25) is 5.91 Å².